The molecule has 3 rings (SSSR count). The summed E-state index contributed by atoms with van der Waals surface area (Å²) in [6.45, 7) is -0.431. The van der Waals surface area contributed by atoms with Gasteiger partial charge in [-0.1, -0.05) is 12.1 Å². The number of Topliss-reactive ketones (excluding diaryl/α,β-unsaturated/α-hetero) is 1. The molecule has 2 aromatic rings. The Bertz CT molecular complexity index is 833. The van der Waals surface area contributed by atoms with Gasteiger partial charge in [0.1, 0.15) is 5.75 Å². The molecule has 0 aromatic heterocycles. The molecule has 0 aliphatic carbocycles. The number of carbonyl (C=O) groups excluding carboxylic acids is 2. The molecule has 8 nitrogen and oxygen atoms in total. The number of benzene rings is 2. The lowest BCUT2D eigenvalue weighted by atomic mass is 10.1. The van der Waals surface area contributed by atoms with Gasteiger partial charge >= 0.3 is 5.69 Å². The summed E-state index contributed by atoms with van der Waals surface area (Å²) in [5.41, 5.74) is 0.498. The smallest absolute Gasteiger partial charge is 0.310 e. The molecule has 1 aliphatic rings. The van der Waals surface area contributed by atoms with Gasteiger partial charge in [-0.15, -0.1) is 0 Å². The number of anilines is 1. The highest BCUT2D eigenvalue weighted by Crippen LogP contribution is 2.29. The molecule has 1 aliphatic heterocycles. The van der Waals surface area contributed by atoms with Crippen LogP contribution in [0.4, 0.5) is 11.4 Å². The van der Waals surface area contributed by atoms with Gasteiger partial charge in [0.05, 0.1) is 10.6 Å². The molecule has 0 saturated carbocycles. The summed E-state index contributed by atoms with van der Waals surface area (Å²) in [4.78, 5) is 33.9. The van der Waals surface area contributed by atoms with Crippen molar-refractivity contribution in [3.63, 3.8) is 0 Å². The maximum atomic E-state index is 12.2. The van der Waals surface area contributed by atoms with Crippen molar-refractivity contribution in [2.75, 3.05) is 18.5 Å². The molecule has 8 heteroatoms. The van der Waals surface area contributed by atoms with Gasteiger partial charge in [0, 0.05) is 11.6 Å². The Balaban J connectivity index is 1.73. The van der Waals surface area contributed by atoms with Crippen molar-refractivity contribution in [1.29, 1.82) is 0 Å². The van der Waals surface area contributed by atoms with Crippen LogP contribution < -0.4 is 14.8 Å². The van der Waals surface area contributed by atoms with Gasteiger partial charge in [0.25, 0.3) is 5.91 Å². The highest BCUT2D eigenvalue weighted by atomic mass is 16.6. The number of ketones is 1. The van der Waals surface area contributed by atoms with Gasteiger partial charge in [-0.05, 0) is 24.3 Å². The molecule has 1 amide bonds. The zero-order valence-electron chi connectivity index (χ0n) is 12.4. The topological polar surface area (TPSA) is 108 Å². The third-order valence-electron chi connectivity index (χ3n) is 3.36. The molecule has 1 heterocycles. The van der Waals surface area contributed by atoms with Crippen molar-refractivity contribution in [1.82, 2.24) is 0 Å². The van der Waals surface area contributed by atoms with Crippen molar-refractivity contribution < 1.29 is 24.0 Å². The third kappa shape index (κ3) is 3.17. The van der Waals surface area contributed by atoms with Crippen molar-refractivity contribution in [2.24, 2.45) is 0 Å². The maximum Gasteiger partial charge on any atom is 0.310 e. The van der Waals surface area contributed by atoms with E-state index in [1.165, 1.54) is 24.3 Å². The van der Waals surface area contributed by atoms with Gasteiger partial charge < -0.3 is 14.8 Å². The second-order valence-corrected chi connectivity index (χ2v) is 4.98. The minimum absolute atomic E-state index is 0.0189. The van der Waals surface area contributed by atoms with E-state index in [1.807, 2.05) is 0 Å². The Hall–Kier alpha value is -3.42. The summed E-state index contributed by atoms with van der Waals surface area (Å²) < 4.78 is 10.5. The minimum atomic E-state index is -0.578. The molecule has 122 valence electrons. The van der Waals surface area contributed by atoms with E-state index >= 15 is 0 Å². The van der Waals surface area contributed by atoms with Gasteiger partial charge in [-0.25, -0.2) is 0 Å². The van der Waals surface area contributed by atoms with Crippen LogP contribution in [0.15, 0.2) is 42.5 Å². The van der Waals surface area contributed by atoms with E-state index in [0.717, 1.165) is 0 Å². The number of nitro benzene ring substituents is 1. The number of nitrogens with zero attached hydrogens (tertiary/aromatic N) is 1. The fraction of sp³-hybridized carbons (Fsp3) is 0.125. The second-order valence-electron chi connectivity index (χ2n) is 4.98. The fourth-order valence-corrected chi connectivity index (χ4v) is 2.21. The zero-order valence-corrected chi connectivity index (χ0v) is 12.4. The minimum Gasteiger partial charge on any atom is -0.482 e. The molecule has 0 bridgehead atoms. The lowest BCUT2D eigenvalue weighted by Crippen LogP contribution is -2.25. The van der Waals surface area contributed by atoms with E-state index in [1.54, 1.807) is 18.2 Å². The van der Waals surface area contributed by atoms with Gasteiger partial charge in [-0.2, -0.15) is 0 Å². The van der Waals surface area contributed by atoms with E-state index in [9.17, 15) is 19.7 Å². The number of rotatable bonds is 5. The van der Waals surface area contributed by atoms with Crippen molar-refractivity contribution >= 4 is 23.1 Å². The highest BCUT2D eigenvalue weighted by Gasteiger charge is 2.19. The van der Waals surface area contributed by atoms with Gasteiger partial charge in [0.15, 0.2) is 24.7 Å². The lowest BCUT2D eigenvalue weighted by molar-refractivity contribution is -0.385. The molecule has 24 heavy (non-hydrogen) atoms. The largest absolute Gasteiger partial charge is 0.482 e. The molecule has 0 radical (unpaired) electrons. The fourth-order valence-electron chi connectivity index (χ4n) is 2.21. The number of nitrogens with one attached hydrogen (secondary N) is 1. The van der Waals surface area contributed by atoms with E-state index in [0.29, 0.717) is 17.0 Å². The Morgan fingerprint density at radius 3 is 2.88 bits per heavy atom. The predicted molar refractivity (Wildman–Crippen MR) is 83.5 cm³/mol. The number of ether oxygens (including phenoxy) is 2. The Kier molecular flexibility index (Phi) is 4.11. The van der Waals surface area contributed by atoms with Crippen LogP contribution in [0.1, 0.15) is 10.4 Å². The summed E-state index contributed by atoms with van der Waals surface area (Å²) in [5.74, 6) is -0.185. The quantitative estimate of drug-likeness (QED) is 0.512. The van der Waals surface area contributed by atoms with Crippen LogP contribution in [0.5, 0.6) is 11.5 Å². The van der Waals surface area contributed by atoms with Crippen molar-refractivity contribution in [2.45, 2.75) is 0 Å². The number of para-hydroxylation sites is 2. The van der Waals surface area contributed by atoms with Crippen LogP contribution in [0.3, 0.4) is 0 Å². The number of fused-ring (bicyclic) bond motifs is 1. The van der Waals surface area contributed by atoms with E-state index in [2.05, 4.69) is 5.32 Å². The van der Waals surface area contributed by atoms with Crippen LogP contribution in [0, 0.1) is 10.1 Å². The summed E-state index contributed by atoms with van der Waals surface area (Å²) in [6, 6.07) is 10.4. The van der Waals surface area contributed by atoms with Crippen LogP contribution in [-0.2, 0) is 4.79 Å². The summed E-state index contributed by atoms with van der Waals surface area (Å²) in [6.07, 6.45) is 0. The molecule has 0 saturated heterocycles. The summed E-state index contributed by atoms with van der Waals surface area (Å²) in [7, 11) is 0. The lowest BCUT2D eigenvalue weighted by Gasteiger charge is -2.18. The first-order chi connectivity index (χ1) is 11.5. The SMILES string of the molecule is O=C1COc2ccc(C(=O)COc3ccccc3[N+](=O)[O-])cc2N1. The number of carbonyl (C=O) groups is 2. The van der Waals surface area contributed by atoms with Crippen molar-refractivity contribution in [3.05, 3.63) is 58.1 Å². The molecule has 0 spiro atoms. The molecule has 0 unspecified atom stereocenters. The average molecular weight is 328 g/mol. The number of hydrogen-bond donors (Lipinski definition) is 1. The van der Waals surface area contributed by atoms with Crippen LogP contribution in [0.2, 0.25) is 0 Å². The van der Waals surface area contributed by atoms with E-state index < -0.39 is 4.92 Å². The predicted octanol–water partition coefficient (Wildman–Crippen LogP) is 2.19. The number of hydrogen-bond acceptors (Lipinski definition) is 6. The first kappa shape index (κ1) is 15.5. The van der Waals surface area contributed by atoms with Gasteiger partial charge in [0.2, 0.25) is 0 Å². The summed E-state index contributed by atoms with van der Waals surface area (Å²) in [5, 5.41) is 13.5. The summed E-state index contributed by atoms with van der Waals surface area (Å²) >= 11 is 0. The Morgan fingerprint density at radius 2 is 2.08 bits per heavy atom. The second kappa shape index (κ2) is 6.37. The monoisotopic (exact) mass is 328 g/mol. The number of nitro groups is 1. The van der Waals surface area contributed by atoms with E-state index in [4.69, 9.17) is 9.47 Å². The molecule has 1 N–H and O–H groups in total. The van der Waals surface area contributed by atoms with Crippen LogP contribution in [-0.4, -0.2) is 29.8 Å². The third-order valence-corrected chi connectivity index (χ3v) is 3.36. The Labute approximate surface area is 136 Å². The highest BCUT2D eigenvalue weighted by molar-refractivity contribution is 6.01. The first-order valence-corrected chi connectivity index (χ1v) is 7.01. The van der Waals surface area contributed by atoms with Crippen molar-refractivity contribution in [3.8, 4) is 11.5 Å². The molecule has 2 aromatic carbocycles. The van der Waals surface area contributed by atoms with Crippen LogP contribution in [0.25, 0.3) is 0 Å². The van der Waals surface area contributed by atoms with Gasteiger partial charge in [-0.3, -0.25) is 19.7 Å². The molecular weight excluding hydrogens is 316 g/mol. The molecule has 0 fully saturated rings. The first-order valence-electron chi connectivity index (χ1n) is 7.01. The van der Waals surface area contributed by atoms with E-state index in [-0.39, 0.29) is 36.3 Å². The zero-order chi connectivity index (χ0) is 17.1. The average Bonchev–Trinajstić information content (AvgIpc) is 2.59. The Morgan fingerprint density at radius 1 is 1.29 bits per heavy atom. The number of amides is 1. The molecule has 0 atom stereocenters. The van der Waals surface area contributed by atoms with Crippen LogP contribution >= 0.6 is 0 Å². The normalized spacial score (nSPS) is 12.6. The maximum absolute atomic E-state index is 12.2. The standard InChI is InChI=1S/C16H12N2O6/c19-13(8-23-15-4-2-1-3-12(15)18(21)22)10-5-6-14-11(7-10)17-16(20)9-24-14/h1-7H,8-9H2,(H,17,20). The molecular formula is C16H12N2O6.